The third-order valence-electron chi connectivity index (χ3n) is 8.37. The molecule has 0 fully saturated rings. The van der Waals surface area contributed by atoms with E-state index in [-0.39, 0.29) is 202 Å². The average Bonchev–Trinajstić information content (AvgIpc) is 3.20. The predicted octanol–water partition coefficient (Wildman–Crippen LogP) is -14.2. The van der Waals surface area contributed by atoms with Gasteiger partial charge in [-0.2, -0.15) is 29.9 Å². The van der Waals surface area contributed by atoms with Crippen molar-refractivity contribution in [1.29, 1.82) is 0 Å². The Labute approximate surface area is 486 Å². The summed E-state index contributed by atoms with van der Waals surface area (Å²) in [6.45, 7) is -1.73. The summed E-state index contributed by atoms with van der Waals surface area (Å²) in [4.78, 5) is 24.4. The third-order valence-corrected chi connectivity index (χ3v) is 11.6. The molecule has 0 saturated heterocycles. The number of hydrogen-bond donors (Lipinski definition) is 9. The molecule has 2 heterocycles. The minimum Gasteiger partial charge on any atom is -0.748 e. The second kappa shape index (κ2) is 30.6. The summed E-state index contributed by atoms with van der Waals surface area (Å²) < 4.78 is 141. The molecule has 2 unspecified atom stereocenters. The van der Waals surface area contributed by atoms with Crippen LogP contribution in [-0.2, 0) is 40.5 Å². The quantitative estimate of drug-likeness (QED) is 0.0160. The summed E-state index contributed by atoms with van der Waals surface area (Å²) in [5.41, 5.74) is -0.684. The van der Waals surface area contributed by atoms with E-state index in [0.29, 0.717) is 0 Å². The van der Waals surface area contributed by atoms with Gasteiger partial charge < -0.3 is 70.1 Å². The van der Waals surface area contributed by atoms with E-state index < -0.39 is 100 Å². The molecule has 4 rings (SSSR count). The first kappa shape index (κ1) is 67.5. The Kier molecular flexibility index (Phi) is 29.9. The Balaban J connectivity index is 0.0000116. The molecule has 0 spiro atoms. The van der Waals surface area contributed by atoms with Crippen molar-refractivity contribution in [2.75, 3.05) is 89.4 Å². The molecule has 2 aromatic heterocycles. The summed E-state index contributed by atoms with van der Waals surface area (Å²) in [6.07, 6.45) is 0.0661. The van der Waals surface area contributed by atoms with Crippen LogP contribution in [0.5, 0.6) is 0 Å². The average molecular weight is 1080 g/mol. The van der Waals surface area contributed by atoms with E-state index in [1.54, 1.807) is 0 Å². The van der Waals surface area contributed by atoms with Gasteiger partial charge in [-0.1, -0.05) is 24.3 Å². The van der Waals surface area contributed by atoms with Gasteiger partial charge >= 0.3 is 118 Å². The zero-order chi connectivity index (χ0) is 48.2. The van der Waals surface area contributed by atoms with E-state index in [2.05, 4.69) is 56.5 Å². The molecule has 9 N–H and O–H groups in total. The molecule has 0 aliphatic carbocycles. The Morgan fingerprint density at radius 2 is 0.928 bits per heavy atom. The van der Waals surface area contributed by atoms with Gasteiger partial charge in [-0.3, -0.25) is 0 Å². The molecule has 0 saturated carbocycles. The second-order valence-corrected chi connectivity index (χ2v) is 19.3. The van der Waals surface area contributed by atoms with Gasteiger partial charge in [-0.05, 0) is 48.2 Å². The van der Waals surface area contributed by atoms with Gasteiger partial charge in [0.1, 0.15) is 20.2 Å². The van der Waals surface area contributed by atoms with Crippen molar-refractivity contribution in [2.45, 2.75) is 34.8 Å². The number of aliphatic hydroxyl groups is 4. The maximum atomic E-state index is 12.5. The fourth-order valence-electron chi connectivity index (χ4n) is 5.18. The van der Waals surface area contributed by atoms with Crippen molar-refractivity contribution in [3.05, 3.63) is 47.5 Å². The normalized spacial score (nSPS) is 12.5. The first-order valence-corrected chi connectivity index (χ1v) is 24.6. The number of anilines is 8. The van der Waals surface area contributed by atoms with Crippen LogP contribution in [0.3, 0.4) is 0 Å². The van der Waals surface area contributed by atoms with E-state index >= 15 is 0 Å². The number of benzene rings is 2. The fourth-order valence-corrected chi connectivity index (χ4v) is 7.28. The summed E-state index contributed by atoms with van der Waals surface area (Å²) in [6, 6.07) is 6.65. The second-order valence-electron chi connectivity index (χ2n) is 13.6. The van der Waals surface area contributed by atoms with Gasteiger partial charge in [0, 0.05) is 44.6 Å². The Bertz CT molecular complexity index is 2790. The molecule has 2 aromatic carbocycles. The maximum Gasteiger partial charge on any atom is 1.00 e. The molecule has 0 aliphatic rings. The minimum absolute atomic E-state index is 0. The van der Waals surface area contributed by atoms with E-state index in [0.717, 1.165) is 36.4 Å². The van der Waals surface area contributed by atoms with E-state index in [1.807, 2.05) is 0 Å². The smallest absolute Gasteiger partial charge is 0.748 e. The monoisotopic (exact) mass is 1080 g/mol. The number of aliphatic hydroxyl groups excluding tert-OH is 4. The first-order valence-electron chi connectivity index (χ1n) is 18.6. The summed E-state index contributed by atoms with van der Waals surface area (Å²) >= 11 is 0. The minimum atomic E-state index is -5.27. The largest absolute Gasteiger partial charge is 1.00 e. The molecule has 0 radical (unpaired) electrons. The zero-order valence-corrected chi connectivity index (χ0v) is 49.1. The summed E-state index contributed by atoms with van der Waals surface area (Å²) in [7, 11) is -18.3. The SMILES string of the molecule is CN(CCC(O)CO)c1nc(NCCS(=O)(=O)[O-])nc(Nc2ccc(C=Cc3ccc(Nc4nc(NCCC(O)CO)nc(NCCS(=O)(=O)[O-])n4)cc3S(=O)(=O)[O-])c(S(=O)(=O)[O-])c2)n1.[Na+].[Na+].[Na+].[Na+]. The molecule has 69 heavy (non-hydrogen) atoms. The van der Waals surface area contributed by atoms with Gasteiger partial charge in [0.05, 0.1) is 67.0 Å². The number of hydrogen-bond acceptors (Lipinski definition) is 28. The first-order chi connectivity index (χ1) is 30.3. The van der Waals surface area contributed by atoms with Crippen LogP contribution in [0.4, 0.5) is 47.1 Å². The maximum absolute atomic E-state index is 12.5. The van der Waals surface area contributed by atoms with Crippen LogP contribution >= 0.6 is 0 Å². The van der Waals surface area contributed by atoms with Crippen molar-refractivity contribution in [3.63, 3.8) is 0 Å². The Morgan fingerprint density at radius 3 is 1.33 bits per heavy atom. The van der Waals surface area contributed by atoms with Gasteiger partial charge in [-0.15, -0.1) is 0 Å². The zero-order valence-electron chi connectivity index (χ0n) is 37.8. The molecule has 358 valence electrons. The van der Waals surface area contributed by atoms with Crippen molar-refractivity contribution >= 4 is 99.7 Å². The molecular weight excluding hydrogens is 1040 g/mol. The number of nitrogens with zero attached hydrogens (tertiary/aromatic N) is 7. The number of rotatable bonds is 26. The third kappa shape index (κ3) is 24.4. The Hall–Kier alpha value is -1.52. The number of aromatic nitrogens is 6. The van der Waals surface area contributed by atoms with Gasteiger partial charge in [0.15, 0.2) is 0 Å². The topological polar surface area (TPSA) is 450 Å². The van der Waals surface area contributed by atoms with Crippen molar-refractivity contribution in [3.8, 4) is 0 Å². The van der Waals surface area contributed by atoms with Crippen LogP contribution in [-0.4, -0.2) is 172 Å². The molecule has 36 heteroatoms. The van der Waals surface area contributed by atoms with Crippen LogP contribution in [0.1, 0.15) is 24.0 Å². The molecule has 4 aromatic rings. The molecule has 28 nitrogen and oxygen atoms in total. The van der Waals surface area contributed by atoms with Crippen LogP contribution in [0.25, 0.3) is 12.2 Å². The van der Waals surface area contributed by atoms with E-state index in [9.17, 15) is 62.1 Å². The van der Waals surface area contributed by atoms with E-state index in [1.165, 1.54) is 24.1 Å². The molecular formula is C33H42N12Na4O16S4. The van der Waals surface area contributed by atoms with Crippen molar-refractivity contribution in [1.82, 2.24) is 29.9 Å². The van der Waals surface area contributed by atoms with Crippen molar-refractivity contribution < 1.29 is 191 Å². The standard InChI is InChI=1S/C33H46N12O16S4.4Na/c1-45(13-9-25(49)19-47)33-43-30(36-12-15-63(53,54)55)42-32(44-33)38-23-7-5-21(27(17-23)65(59,60)61)3-2-20-4-6-22(16-26(20)64(56,57)58)37-31-40-28(34-10-8-24(48)18-46)39-29(41-31)35-11-14-62(50,51)52;;;;/h2-7,16-17,24-25,46-49H,8-15,18-19H2,1H3,(H,50,51,52)(H,53,54,55)(H,56,57,58)(H,59,60,61)(H2,36,38,42,43,44)(H3,34,35,37,39,40,41);;;;/q;4*+1/p-4. The predicted molar refractivity (Wildman–Crippen MR) is 227 cm³/mol. The molecule has 0 bridgehead atoms. The molecule has 0 amide bonds. The van der Waals surface area contributed by atoms with Crippen LogP contribution in [0.2, 0.25) is 0 Å². The summed E-state index contributed by atoms with van der Waals surface area (Å²) in [5, 5.41) is 50.8. The summed E-state index contributed by atoms with van der Waals surface area (Å²) in [5.74, 6) is -2.89. The van der Waals surface area contributed by atoms with Gasteiger partial charge in [0.25, 0.3) is 0 Å². The molecule has 2 atom stereocenters. The van der Waals surface area contributed by atoms with Crippen LogP contribution in [0.15, 0.2) is 46.2 Å². The number of nitrogens with one attached hydrogen (secondary N) is 5. The Morgan fingerprint density at radius 1 is 0.565 bits per heavy atom. The molecule has 0 aliphatic heterocycles. The van der Waals surface area contributed by atoms with Crippen LogP contribution < -0.4 is 150 Å². The van der Waals surface area contributed by atoms with Crippen LogP contribution in [0, 0.1) is 0 Å². The fraction of sp³-hybridized carbons (Fsp3) is 0.394. The van der Waals surface area contributed by atoms with E-state index in [4.69, 9.17) is 10.2 Å². The van der Waals surface area contributed by atoms with Gasteiger partial charge in [0.2, 0.25) is 35.7 Å². The van der Waals surface area contributed by atoms with Crippen molar-refractivity contribution in [2.24, 2.45) is 0 Å². The van der Waals surface area contributed by atoms with Gasteiger partial charge in [-0.25, -0.2) is 33.7 Å².